The zero-order valence-corrected chi connectivity index (χ0v) is 14.6. The van der Waals surface area contributed by atoms with Crippen LogP contribution in [0.15, 0.2) is 40.9 Å². The molecule has 1 amide bonds. The third-order valence-corrected chi connectivity index (χ3v) is 4.44. The predicted molar refractivity (Wildman–Crippen MR) is 95.4 cm³/mol. The average Bonchev–Trinajstić information content (AvgIpc) is 3.21. The highest BCUT2D eigenvalue weighted by atomic mass is 32.2. The maximum Gasteiger partial charge on any atom is 0.248 e. The van der Waals surface area contributed by atoms with E-state index in [-0.39, 0.29) is 5.91 Å². The minimum absolute atomic E-state index is 0.223. The van der Waals surface area contributed by atoms with Gasteiger partial charge in [0.25, 0.3) is 0 Å². The molecule has 0 saturated heterocycles. The molecule has 0 spiro atoms. The topological polar surface area (TPSA) is 85.6 Å². The van der Waals surface area contributed by atoms with Crippen LogP contribution in [0.2, 0.25) is 0 Å². The predicted octanol–water partition coefficient (Wildman–Crippen LogP) is 2.80. The summed E-state index contributed by atoms with van der Waals surface area (Å²) >= 11 is 2.99. The summed E-state index contributed by atoms with van der Waals surface area (Å²) in [6.07, 6.45) is 5.06. The molecule has 0 atom stereocenters. The van der Waals surface area contributed by atoms with E-state index < -0.39 is 0 Å². The fourth-order valence-corrected chi connectivity index (χ4v) is 3.00. The second-order valence-electron chi connectivity index (χ2n) is 4.74. The van der Waals surface area contributed by atoms with Gasteiger partial charge in [0.15, 0.2) is 0 Å². The number of tetrazole rings is 1. The summed E-state index contributed by atoms with van der Waals surface area (Å²) in [4.78, 5) is 16.3. The molecule has 3 rings (SSSR count). The first-order valence-corrected chi connectivity index (χ1v) is 9.10. The minimum Gasteiger partial charge on any atom is -0.322 e. The first kappa shape index (κ1) is 16.3. The van der Waals surface area contributed by atoms with Crippen LogP contribution >= 0.6 is 23.1 Å². The number of aryl methyl sites for hydroxylation is 1. The van der Waals surface area contributed by atoms with Gasteiger partial charge in [-0.25, -0.2) is 4.98 Å². The van der Waals surface area contributed by atoms with E-state index in [4.69, 9.17) is 0 Å². The van der Waals surface area contributed by atoms with Gasteiger partial charge in [0.05, 0.1) is 16.4 Å². The van der Waals surface area contributed by atoms with Gasteiger partial charge in [-0.05, 0) is 47.9 Å². The second-order valence-corrected chi connectivity index (χ2v) is 6.58. The van der Waals surface area contributed by atoms with Crippen molar-refractivity contribution in [3.05, 3.63) is 46.4 Å². The molecule has 0 radical (unpaired) electrons. The highest BCUT2D eigenvalue weighted by Crippen LogP contribution is 2.18. The molecule has 2 heterocycles. The highest BCUT2D eigenvalue weighted by Gasteiger charge is 2.08. The lowest BCUT2D eigenvalue weighted by Gasteiger charge is -2.06. The van der Waals surface area contributed by atoms with Crippen LogP contribution in [0, 0.1) is 6.92 Å². The Balaban J connectivity index is 1.72. The number of hydrogen-bond donors (Lipinski definition) is 1. The number of carbonyl (C=O) groups is 1. The number of carbonyl (C=O) groups excluding carboxylic acids is 1. The van der Waals surface area contributed by atoms with Crippen molar-refractivity contribution in [2.24, 2.45) is 0 Å². The number of benzene rings is 1. The summed E-state index contributed by atoms with van der Waals surface area (Å²) in [7, 11) is 0. The maximum absolute atomic E-state index is 12.0. The van der Waals surface area contributed by atoms with Crippen LogP contribution in [0.3, 0.4) is 0 Å². The van der Waals surface area contributed by atoms with Crippen molar-refractivity contribution < 1.29 is 4.79 Å². The Morgan fingerprint density at radius 3 is 3.04 bits per heavy atom. The molecule has 0 aliphatic heterocycles. The Morgan fingerprint density at radius 2 is 2.29 bits per heavy atom. The summed E-state index contributed by atoms with van der Waals surface area (Å²) in [5.74, 6) is -0.223. The number of anilines is 1. The van der Waals surface area contributed by atoms with Crippen molar-refractivity contribution in [2.45, 2.75) is 12.1 Å². The van der Waals surface area contributed by atoms with Crippen LogP contribution in [-0.2, 0) is 4.79 Å². The molecule has 0 fully saturated rings. The van der Waals surface area contributed by atoms with Gasteiger partial charge in [0.1, 0.15) is 0 Å². The van der Waals surface area contributed by atoms with Crippen molar-refractivity contribution in [2.75, 3.05) is 11.6 Å². The van der Waals surface area contributed by atoms with E-state index in [0.717, 1.165) is 16.4 Å². The van der Waals surface area contributed by atoms with E-state index in [1.54, 1.807) is 22.1 Å². The van der Waals surface area contributed by atoms with Gasteiger partial charge < -0.3 is 5.32 Å². The summed E-state index contributed by atoms with van der Waals surface area (Å²) in [6.45, 7) is 1.93. The molecular formula is C15H14N6OS2. The standard InChI is InChI=1S/C15H14N6OS2/c1-10-16-12(9-24-10)6-7-14(22)17-11-4-3-5-13(8-11)21-15(23-2)18-19-20-21/h3-9H,1-2H3,(H,17,22)/b7-6+. The smallest absolute Gasteiger partial charge is 0.248 e. The normalized spacial score (nSPS) is 11.1. The summed E-state index contributed by atoms with van der Waals surface area (Å²) in [6, 6.07) is 7.34. The molecular weight excluding hydrogens is 344 g/mol. The van der Waals surface area contributed by atoms with Gasteiger partial charge in [-0.1, -0.05) is 17.8 Å². The summed E-state index contributed by atoms with van der Waals surface area (Å²) in [5.41, 5.74) is 2.22. The Morgan fingerprint density at radius 1 is 1.42 bits per heavy atom. The lowest BCUT2D eigenvalue weighted by molar-refractivity contribution is -0.111. The molecule has 122 valence electrons. The van der Waals surface area contributed by atoms with Crippen molar-refractivity contribution in [3.8, 4) is 5.69 Å². The molecule has 7 nitrogen and oxygen atoms in total. The number of nitrogens with zero attached hydrogens (tertiary/aromatic N) is 5. The zero-order valence-electron chi connectivity index (χ0n) is 13.0. The van der Waals surface area contributed by atoms with E-state index >= 15 is 0 Å². The van der Waals surface area contributed by atoms with Gasteiger partial charge in [-0.15, -0.1) is 16.4 Å². The van der Waals surface area contributed by atoms with E-state index in [9.17, 15) is 4.79 Å². The van der Waals surface area contributed by atoms with Crippen molar-refractivity contribution in [1.82, 2.24) is 25.2 Å². The van der Waals surface area contributed by atoms with Crippen LogP contribution in [0.25, 0.3) is 11.8 Å². The Bertz CT molecular complexity index is 885. The number of rotatable bonds is 5. The molecule has 0 bridgehead atoms. The fraction of sp³-hybridized carbons (Fsp3) is 0.133. The van der Waals surface area contributed by atoms with Crippen LogP contribution in [0.5, 0.6) is 0 Å². The molecule has 2 aromatic heterocycles. The lowest BCUT2D eigenvalue weighted by atomic mass is 10.2. The monoisotopic (exact) mass is 358 g/mol. The molecule has 1 N–H and O–H groups in total. The second kappa shape index (κ2) is 7.37. The van der Waals surface area contributed by atoms with Crippen LogP contribution in [0.1, 0.15) is 10.7 Å². The number of thioether (sulfide) groups is 1. The van der Waals surface area contributed by atoms with Gasteiger partial charge in [0, 0.05) is 17.1 Å². The highest BCUT2D eigenvalue weighted by molar-refractivity contribution is 7.98. The van der Waals surface area contributed by atoms with Gasteiger partial charge >= 0.3 is 0 Å². The fourth-order valence-electron chi connectivity index (χ4n) is 1.99. The van der Waals surface area contributed by atoms with E-state index in [1.165, 1.54) is 17.8 Å². The van der Waals surface area contributed by atoms with Crippen molar-refractivity contribution in [3.63, 3.8) is 0 Å². The number of hydrogen-bond acceptors (Lipinski definition) is 7. The summed E-state index contributed by atoms with van der Waals surface area (Å²) in [5, 5.41) is 17.9. The number of amides is 1. The zero-order chi connectivity index (χ0) is 16.9. The SMILES string of the molecule is CSc1nnnn1-c1cccc(NC(=O)/C=C/c2csc(C)n2)c1. The first-order chi connectivity index (χ1) is 11.7. The molecule has 9 heteroatoms. The minimum atomic E-state index is -0.223. The van der Waals surface area contributed by atoms with Crippen molar-refractivity contribution >= 4 is 40.8 Å². The Labute approximate surface area is 146 Å². The Kier molecular flexibility index (Phi) is 5.02. The molecule has 0 aliphatic carbocycles. The third-order valence-electron chi connectivity index (χ3n) is 3.02. The van der Waals surface area contributed by atoms with Gasteiger partial charge in [-0.3, -0.25) is 4.79 Å². The molecule has 0 aliphatic rings. The molecule has 1 aromatic carbocycles. The number of thiazole rings is 1. The number of nitrogens with one attached hydrogen (secondary N) is 1. The lowest BCUT2D eigenvalue weighted by Crippen LogP contribution is -2.08. The summed E-state index contributed by atoms with van der Waals surface area (Å²) < 4.78 is 1.62. The molecule has 0 unspecified atom stereocenters. The van der Waals surface area contributed by atoms with Gasteiger partial charge in [0.2, 0.25) is 11.1 Å². The van der Waals surface area contributed by atoms with E-state index in [2.05, 4.69) is 25.8 Å². The van der Waals surface area contributed by atoms with Crippen LogP contribution in [-0.4, -0.2) is 37.4 Å². The average molecular weight is 358 g/mol. The first-order valence-electron chi connectivity index (χ1n) is 7.00. The van der Waals surface area contributed by atoms with E-state index in [1.807, 2.05) is 42.8 Å². The van der Waals surface area contributed by atoms with Gasteiger partial charge in [-0.2, -0.15) is 4.68 Å². The number of aromatic nitrogens is 5. The van der Waals surface area contributed by atoms with Crippen LogP contribution < -0.4 is 5.32 Å². The molecule has 3 aromatic rings. The molecule has 0 saturated carbocycles. The maximum atomic E-state index is 12.0. The quantitative estimate of drug-likeness (QED) is 0.557. The largest absolute Gasteiger partial charge is 0.322 e. The third kappa shape index (κ3) is 3.87. The van der Waals surface area contributed by atoms with Crippen molar-refractivity contribution in [1.29, 1.82) is 0 Å². The molecule has 24 heavy (non-hydrogen) atoms. The Hall–Kier alpha value is -2.52. The van der Waals surface area contributed by atoms with Crippen LogP contribution in [0.4, 0.5) is 5.69 Å². The van der Waals surface area contributed by atoms with E-state index in [0.29, 0.717) is 10.8 Å².